The second-order valence-electron chi connectivity index (χ2n) is 3.09. The number of para-hydroxylation sites is 1. The van der Waals surface area contributed by atoms with Crippen molar-refractivity contribution in [2.45, 2.75) is 12.7 Å². The third-order valence-corrected chi connectivity index (χ3v) is 2.08. The van der Waals surface area contributed by atoms with Gasteiger partial charge in [0.1, 0.15) is 5.75 Å². The van der Waals surface area contributed by atoms with Crippen LogP contribution in [0.15, 0.2) is 18.2 Å². The molecule has 0 aromatic heterocycles. The predicted octanol–water partition coefficient (Wildman–Crippen LogP) is 0.137. The summed E-state index contributed by atoms with van der Waals surface area (Å²) in [6.45, 7) is 0.133. The Morgan fingerprint density at radius 2 is 2.14 bits per heavy atom. The molecule has 4 nitrogen and oxygen atoms in total. The van der Waals surface area contributed by atoms with E-state index < -0.39 is 6.10 Å². The van der Waals surface area contributed by atoms with Crippen LogP contribution in [0.3, 0.4) is 0 Å². The number of rotatable bonds is 4. The van der Waals surface area contributed by atoms with E-state index in [1.54, 1.807) is 25.2 Å². The van der Waals surface area contributed by atoms with Crippen LogP contribution in [0.4, 0.5) is 0 Å². The summed E-state index contributed by atoms with van der Waals surface area (Å²) in [6.07, 6.45) is -0.758. The van der Waals surface area contributed by atoms with Gasteiger partial charge >= 0.3 is 0 Å². The molecule has 1 aromatic carbocycles. The number of phenols is 1. The normalized spacial score (nSPS) is 12.8. The molecule has 1 unspecified atom stereocenters. The van der Waals surface area contributed by atoms with Crippen LogP contribution in [0.25, 0.3) is 0 Å². The van der Waals surface area contributed by atoms with Crippen LogP contribution in [0.5, 0.6) is 5.75 Å². The average molecular weight is 197 g/mol. The molecular formula is C10H15NO3. The number of aromatic hydroxyl groups is 1. The van der Waals surface area contributed by atoms with E-state index in [1.165, 1.54) is 0 Å². The van der Waals surface area contributed by atoms with Gasteiger partial charge in [0, 0.05) is 17.7 Å². The molecule has 0 aliphatic heterocycles. The summed E-state index contributed by atoms with van der Waals surface area (Å²) in [5.41, 5.74) is 0.864. The topological polar surface area (TPSA) is 72.7 Å². The first-order chi connectivity index (χ1) is 6.70. The van der Waals surface area contributed by atoms with E-state index in [-0.39, 0.29) is 12.4 Å². The van der Waals surface area contributed by atoms with Crippen molar-refractivity contribution >= 4 is 0 Å². The number of aliphatic hydroxyl groups excluding tert-OH is 2. The Kier molecular flexibility index (Phi) is 3.88. The van der Waals surface area contributed by atoms with Crippen molar-refractivity contribution in [1.29, 1.82) is 0 Å². The van der Waals surface area contributed by atoms with E-state index in [2.05, 4.69) is 5.32 Å². The molecule has 0 heterocycles. The Labute approximate surface area is 82.8 Å². The maximum Gasteiger partial charge on any atom is 0.126 e. The van der Waals surface area contributed by atoms with Crippen molar-refractivity contribution in [2.24, 2.45) is 0 Å². The van der Waals surface area contributed by atoms with Crippen molar-refractivity contribution in [3.63, 3.8) is 0 Å². The lowest BCUT2D eigenvalue weighted by Crippen LogP contribution is -2.16. The zero-order chi connectivity index (χ0) is 10.6. The Morgan fingerprint density at radius 1 is 1.43 bits per heavy atom. The van der Waals surface area contributed by atoms with E-state index in [4.69, 9.17) is 5.11 Å². The zero-order valence-corrected chi connectivity index (χ0v) is 8.07. The summed E-state index contributed by atoms with van der Waals surface area (Å²) in [5, 5.41) is 31.0. The molecule has 0 saturated carbocycles. The van der Waals surface area contributed by atoms with E-state index in [0.29, 0.717) is 17.7 Å². The van der Waals surface area contributed by atoms with Gasteiger partial charge in [0.2, 0.25) is 0 Å². The summed E-state index contributed by atoms with van der Waals surface area (Å²) in [6, 6.07) is 4.95. The van der Waals surface area contributed by atoms with Crippen LogP contribution in [-0.2, 0) is 6.61 Å². The first-order valence-electron chi connectivity index (χ1n) is 4.45. The SMILES string of the molecule is CNCC(O)c1cccc(CO)c1O. The maximum atomic E-state index is 9.64. The van der Waals surface area contributed by atoms with E-state index in [0.717, 1.165) is 0 Å². The molecule has 0 amide bonds. The predicted molar refractivity (Wildman–Crippen MR) is 52.9 cm³/mol. The van der Waals surface area contributed by atoms with Crippen LogP contribution in [-0.4, -0.2) is 28.9 Å². The number of hydrogen-bond donors (Lipinski definition) is 4. The first-order valence-corrected chi connectivity index (χ1v) is 4.45. The van der Waals surface area contributed by atoms with Gasteiger partial charge in [-0.05, 0) is 7.05 Å². The van der Waals surface area contributed by atoms with Crippen molar-refractivity contribution in [3.8, 4) is 5.75 Å². The van der Waals surface area contributed by atoms with Crippen molar-refractivity contribution in [1.82, 2.24) is 5.32 Å². The minimum absolute atomic E-state index is 0.0299. The lowest BCUT2D eigenvalue weighted by molar-refractivity contribution is 0.173. The summed E-state index contributed by atoms with van der Waals surface area (Å²) in [7, 11) is 1.72. The molecule has 0 bridgehead atoms. The number of hydrogen-bond acceptors (Lipinski definition) is 4. The highest BCUT2D eigenvalue weighted by Gasteiger charge is 2.13. The maximum absolute atomic E-state index is 9.64. The third-order valence-electron chi connectivity index (χ3n) is 2.08. The third kappa shape index (κ3) is 2.23. The number of nitrogens with one attached hydrogen (secondary N) is 1. The van der Waals surface area contributed by atoms with Crippen molar-refractivity contribution in [3.05, 3.63) is 29.3 Å². The van der Waals surface area contributed by atoms with Gasteiger partial charge in [-0.1, -0.05) is 18.2 Å². The number of aliphatic hydroxyl groups is 2. The standard InChI is InChI=1S/C10H15NO3/c1-11-5-9(13)8-4-2-3-7(6-12)10(8)14/h2-4,9,11-14H,5-6H2,1H3. The number of benzene rings is 1. The second kappa shape index (κ2) is 4.95. The molecule has 1 atom stereocenters. The molecule has 0 fully saturated rings. The highest BCUT2D eigenvalue weighted by atomic mass is 16.3. The van der Waals surface area contributed by atoms with Crippen LogP contribution in [0.2, 0.25) is 0 Å². The van der Waals surface area contributed by atoms with Gasteiger partial charge in [-0.3, -0.25) is 0 Å². The summed E-state index contributed by atoms with van der Waals surface area (Å²) < 4.78 is 0. The van der Waals surface area contributed by atoms with E-state index in [1.807, 2.05) is 0 Å². The van der Waals surface area contributed by atoms with Crippen molar-refractivity contribution in [2.75, 3.05) is 13.6 Å². The van der Waals surface area contributed by atoms with Gasteiger partial charge in [-0.2, -0.15) is 0 Å². The van der Waals surface area contributed by atoms with Gasteiger partial charge in [-0.25, -0.2) is 0 Å². The molecule has 0 spiro atoms. The van der Waals surface area contributed by atoms with Crippen LogP contribution in [0, 0.1) is 0 Å². The first kappa shape index (κ1) is 11.0. The van der Waals surface area contributed by atoms with Crippen LogP contribution in [0.1, 0.15) is 17.2 Å². The minimum atomic E-state index is -0.758. The second-order valence-corrected chi connectivity index (χ2v) is 3.09. The van der Waals surface area contributed by atoms with Crippen LogP contribution >= 0.6 is 0 Å². The molecule has 1 aromatic rings. The van der Waals surface area contributed by atoms with Crippen LogP contribution < -0.4 is 5.32 Å². The molecule has 4 heteroatoms. The lowest BCUT2D eigenvalue weighted by atomic mass is 10.0. The summed E-state index contributed by atoms with van der Waals surface area (Å²) in [5.74, 6) is -0.0299. The quantitative estimate of drug-likeness (QED) is 0.554. The van der Waals surface area contributed by atoms with Gasteiger partial charge in [0.25, 0.3) is 0 Å². The Bertz CT molecular complexity index is 301. The highest BCUT2D eigenvalue weighted by molar-refractivity contribution is 5.41. The largest absolute Gasteiger partial charge is 0.507 e. The smallest absolute Gasteiger partial charge is 0.126 e. The Balaban J connectivity index is 2.96. The molecule has 0 radical (unpaired) electrons. The average Bonchev–Trinajstić information content (AvgIpc) is 2.18. The zero-order valence-electron chi connectivity index (χ0n) is 8.07. The van der Waals surface area contributed by atoms with E-state index in [9.17, 15) is 10.2 Å². The fraction of sp³-hybridized carbons (Fsp3) is 0.400. The summed E-state index contributed by atoms with van der Waals surface area (Å²) >= 11 is 0. The fourth-order valence-corrected chi connectivity index (χ4v) is 1.31. The lowest BCUT2D eigenvalue weighted by Gasteiger charge is -2.13. The molecule has 0 aliphatic rings. The fourth-order valence-electron chi connectivity index (χ4n) is 1.31. The molecular weight excluding hydrogens is 182 g/mol. The highest BCUT2D eigenvalue weighted by Crippen LogP contribution is 2.27. The van der Waals surface area contributed by atoms with Gasteiger partial charge in [-0.15, -0.1) is 0 Å². The van der Waals surface area contributed by atoms with Gasteiger partial charge < -0.3 is 20.6 Å². The molecule has 78 valence electrons. The minimum Gasteiger partial charge on any atom is -0.507 e. The van der Waals surface area contributed by atoms with Crippen molar-refractivity contribution < 1.29 is 15.3 Å². The monoisotopic (exact) mass is 197 g/mol. The van der Waals surface area contributed by atoms with Gasteiger partial charge in [0.05, 0.1) is 12.7 Å². The Hall–Kier alpha value is -1.10. The summed E-state index contributed by atoms with van der Waals surface area (Å²) in [4.78, 5) is 0. The molecule has 0 aliphatic carbocycles. The number of likely N-dealkylation sites (N-methyl/N-ethyl adjacent to an activating group) is 1. The molecule has 1 rings (SSSR count). The van der Waals surface area contributed by atoms with E-state index >= 15 is 0 Å². The van der Waals surface area contributed by atoms with Gasteiger partial charge in [0.15, 0.2) is 0 Å². The molecule has 14 heavy (non-hydrogen) atoms. The Morgan fingerprint density at radius 3 is 2.71 bits per heavy atom. The molecule has 0 saturated heterocycles. The molecule has 4 N–H and O–H groups in total.